The van der Waals surface area contributed by atoms with Gasteiger partial charge in [-0.15, -0.1) is 11.6 Å². The Morgan fingerprint density at radius 3 is 2.29 bits per heavy atom. The SMILES string of the molecule is Nc1c(CCl)ccc(C(F)(F)F)c1Cl. The van der Waals surface area contributed by atoms with Gasteiger partial charge in [-0.05, 0) is 11.6 Å². The van der Waals surface area contributed by atoms with Gasteiger partial charge in [0.15, 0.2) is 0 Å². The summed E-state index contributed by atoms with van der Waals surface area (Å²) in [6, 6.07) is 2.09. The van der Waals surface area contributed by atoms with Gasteiger partial charge in [-0.2, -0.15) is 13.2 Å². The first-order valence-electron chi connectivity index (χ1n) is 3.58. The van der Waals surface area contributed by atoms with E-state index in [-0.39, 0.29) is 11.6 Å². The summed E-state index contributed by atoms with van der Waals surface area (Å²) in [5.41, 5.74) is 4.71. The van der Waals surface area contributed by atoms with Gasteiger partial charge < -0.3 is 5.73 Å². The van der Waals surface area contributed by atoms with Crippen LogP contribution in [-0.2, 0) is 12.1 Å². The highest BCUT2D eigenvalue weighted by Gasteiger charge is 2.34. The molecule has 0 aliphatic rings. The van der Waals surface area contributed by atoms with E-state index in [0.29, 0.717) is 5.56 Å². The van der Waals surface area contributed by atoms with Gasteiger partial charge in [-0.1, -0.05) is 17.7 Å². The van der Waals surface area contributed by atoms with E-state index in [1.807, 2.05) is 0 Å². The Balaban J connectivity index is 3.31. The van der Waals surface area contributed by atoms with Crippen LogP contribution >= 0.6 is 23.2 Å². The van der Waals surface area contributed by atoms with Gasteiger partial charge in [0.1, 0.15) is 0 Å². The molecule has 0 atom stereocenters. The molecule has 0 fully saturated rings. The van der Waals surface area contributed by atoms with Crippen LogP contribution in [0.2, 0.25) is 5.02 Å². The van der Waals surface area contributed by atoms with Crippen LogP contribution in [0.15, 0.2) is 12.1 Å². The maximum absolute atomic E-state index is 12.3. The monoisotopic (exact) mass is 243 g/mol. The van der Waals surface area contributed by atoms with Crippen molar-refractivity contribution in [3.8, 4) is 0 Å². The highest BCUT2D eigenvalue weighted by atomic mass is 35.5. The van der Waals surface area contributed by atoms with Gasteiger partial charge in [-0.3, -0.25) is 0 Å². The molecule has 0 amide bonds. The van der Waals surface area contributed by atoms with Crippen molar-refractivity contribution in [3.05, 3.63) is 28.3 Å². The maximum atomic E-state index is 12.3. The number of halogens is 5. The maximum Gasteiger partial charge on any atom is 0.417 e. The third-order valence-electron chi connectivity index (χ3n) is 1.72. The van der Waals surface area contributed by atoms with Gasteiger partial charge in [0.2, 0.25) is 0 Å². The van der Waals surface area contributed by atoms with Crippen LogP contribution in [-0.4, -0.2) is 0 Å². The Morgan fingerprint density at radius 2 is 1.86 bits per heavy atom. The number of hydrogen-bond donors (Lipinski definition) is 1. The third kappa shape index (κ3) is 2.07. The zero-order chi connectivity index (χ0) is 10.9. The fraction of sp³-hybridized carbons (Fsp3) is 0.250. The van der Waals surface area contributed by atoms with Crippen molar-refractivity contribution in [2.45, 2.75) is 12.1 Å². The first-order chi connectivity index (χ1) is 6.38. The van der Waals surface area contributed by atoms with Gasteiger partial charge in [0, 0.05) is 5.88 Å². The molecule has 0 saturated heterocycles. The molecule has 0 spiro atoms. The largest absolute Gasteiger partial charge is 0.417 e. The smallest absolute Gasteiger partial charge is 0.397 e. The quantitative estimate of drug-likeness (QED) is 0.591. The second-order valence-electron chi connectivity index (χ2n) is 2.63. The predicted octanol–water partition coefficient (Wildman–Crippen LogP) is 3.68. The zero-order valence-corrected chi connectivity index (χ0v) is 8.34. The lowest BCUT2D eigenvalue weighted by atomic mass is 10.1. The molecule has 0 heterocycles. The summed E-state index contributed by atoms with van der Waals surface area (Å²) in [6.07, 6.45) is -4.49. The highest BCUT2D eigenvalue weighted by molar-refractivity contribution is 6.34. The molecule has 1 aromatic rings. The van der Waals surface area contributed by atoms with Crippen LogP contribution < -0.4 is 5.73 Å². The Hall–Kier alpha value is -0.610. The molecule has 2 N–H and O–H groups in total. The van der Waals surface area contributed by atoms with E-state index >= 15 is 0 Å². The van der Waals surface area contributed by atoms with E-state index in [1.54, 1.807) is 0 Å². The normalized spacial score (nSPS) is 11.8. The lowest BCUT2D eigenvalue weighted by Gasteiger charge is -2.12. The summed E-state index contributed by atoms with van der Waals surface area (Å²) in [5.74, 6) is 0.0314. The minimum atomic E-state index is -4.49. The highest BCUT2D eigenvalue weighted by Crippen LogP contribution is 2.38. The number of alkyl halides is 4. The molecule has 0 unspecified atom stereocenters. The van der Waals surface area contributed by atoms with Crippen LogP contribution in [0.1, 0.15) is 11.1 Å². The summed E-state index contributed by atoms with van der Waals surface area (Å²) in [7, 11) is 0. The number of nitrogen functional groups attached to an aromatic ring is 1. The lowest BCUT2D eigenvalue weighted by Crippen LogP contribution is -2.08. The van der Waals surface area contributed by atoms with E-state index in [9.17, 15) is 13.2 Å². The van der Waals surface area contributed by atoms with E-state index in [2.05, 4.69) is 0 Å². The Kier molecular flexibility index (Phi) is 3.17. The lowest BCUT2D eigenvalue weighted by molar-refractivity contribution is -0.137. The van der Waals surface area contributed by atoms with Gasteiger partial charge in [-0.25, -0.2) is 0 Å². The Morgan fingerprint density at radius 1 is 1.29 bits per heavy atom. The summed E-state index contributed by atoms with van der Waals surface area (Å²) in [6.45, 7) is 0. The van der Waals surface area contributed by atoms with Crippen molar-refractivity contribution in [1.29, 1.82) is 0 Å². The average molecular weight is 244 g/mol. The van der Waals surface area contributed by atoms with E-state index < -0.39 is 16.8 Å². The molecule has 0 aliphatic heterocycles. The number of nitrogens with two attached hydrogens (primary N) is 1. The predicted molar refractivity (Wildman–Crippen MR) is 50.4 cm³/mol. The fourth-order valence-electron chi connectivity index (χ4n) is 0.968. The number of rotatable bonds is 1. The molecular weight excluding hydrogens is 238 g/mol. The molecular formula is C8H6Cl2F3N. The van der Waals surface area contributed by atoms with Crippen LogP contribution in [0.5, 0.6) is 0 Å². The molecule has 0 aromatic heterocycles. The molecule has 78 valence electrons. The Labute approximate surface area is 88.6 Å². The van der Waals surface area contributed by atoms with Crippen LogP contribution in [0.4, 0.5) is 18.9 Å². The van der Waals surface area contributed by atoms with Crippen molar-refractivity contribution in [2.24, 2.45) is 0 Å². The molecule has 1 rings (SSSR count). The van der Waals surface area contributed by atoms with Crippen LogP contribution in [0.3, 0.4) is 0 Å². The fourth-order valence-corrected chi connectivity index (χ4v) is 1.49. The molecule has 0 aliphatic carbocycles. The van der Waals surface area contributed by atoms with Gasteiger partial charge in [0.25, 0.3) is 0 Å². The second-order valence-corrected chi connectivity index (χ2v) is 3.28. The molecule has 0 bridgehead atoms. The van der Waals surface area contributed by atoms with Gasteiger partial charge in [0.05, 0.1) is 16.3 Å². The van der Waals surface area contributed by atoms with E-state index in [4.69, 9.17) is 28.9 Å². The number of anilines is 1. The Bertz CT molecular complexity index is 349. The molecule has 0 radical (unpaired) electrons. The zero-order valence-electron chi connectivity index (χ0n) is 6.83. The summed E-state index contributed by atoms with van der Waals surface area (Å²) < 4.78 is 36.9. The number of benzene rings is 1. The standard InChI is InChI=1S/C8H6Cl2F3N/c9-3-4-1-2-5(8(11,12)13)6(10)7(4)14/h1-2H,3,14H2. The topological polar surface area (TPSA) is 26.0 Å². The van der Waals surface area contributed by atoms with Crippen molar-refractivity contribution < 1.29 is 13.2 Å². The molecule has 6 heteroatoms. The van der Waals surface area contributed by atoms with Crippen LogP contribution in [0, 0.1) is 0 Å². The molecule has 1 aromatic carbocycles. The first kappa shape index (κ1) is 11.5. The van der Waals surface area contributed by atoms with Crippen molar-refractivity contribution in [3.63, 3.8) is 0 Å². The van der Waals surface area contributed by atoms with Crippen molar-refractivity contribution in [2.75, 3.05) is 5.73 Å². The summed E-state index contributed by atoms with van der Waals surface area (Å²) in [4.78, 5) is 0. The summed E-state index contributed by atoms with van der Waals surface area (Å²) >= 11 is 10.9. The van der Waals surface area contributed by atoms with Gasteiger partial charge >= 0.3 is 6.18 Å². The number of hydrogen-bond acceptors (Lipinski definition) is 1. The van der Waals surface area contributed by atoms with E-state index in [1.165, 1.54) is 6.07 Å². The van der Waals surface area contributed by atoms with E-state index in [0.717, 1.165) is 6.07 Å². The average Bonchev–Trinajstić information content (AvgIpc) is 2.07. The summed E-state index contributed by atoms with van der Waals surface area (Å²) in [5, 5.41) is -0.490. The molecule has 1 nitrogen and oxygen atoms in total. The third-order valence-corrected chi connectivity index (χ3v) is 2.41. The molecule has 0 saturated carbocycles. The molecule has 14 heavy (non-hydrogen) atoms. The van der Waals surface area contributed by atoms with Crippen LogP contribution in [0.25, 0.3) is 0 Å². The van der Waals surface area contributed by atoms with Crippen molar-refractivity contribution >= 4 is 28.9 Å². The van der Waals surface area contributed by atoms with Crippen molar-refractivity contribution in [1.82, 2.24) is 0 Å². The first-order valence-corrected chi connectivity index (χ1v) is 4.49. The minimum absolute atomic E-state index is 0.0314. The second kappa shape index (κ2) is 3.87. The minimum Gasteiger partial charge on any atom is -0.397 e.